The van der Waals surface area contributed by atoms with Gasteiger partial charge in [0.1, 0.15) is 0 Å². The van der Waals surface area contributed by atoms with Crippen molar-refractivity contribution in [2.75, 3.05) is 7.05 Å². The van der Waals surface area contributed by atoms with E-state index in [4.69, 9.17) is 0 Å². The minimum atomic E-state index is 0.0860. The molecule has 0 fully saturated rings. The highest BCUT2D eigenvalue weighted by atomic mass is 16.2. The molecule has 0 aromatic heterocycles. The van der Waals surface area contributed by atoms with E-state index in [1.807, 2.05) is 24.1 Å². The molecule has 1 aliphatic rings. The highest BCUT2D eigenvalue weighted by molar-refractivity contribution is 5.94. The van der Waals surface area contributed by atoms with E-state index in [-0.39, 0.29) is 17.4 Å². The molecule has 1 aromatic rings. The molecular formula is C16H24N2O. The number of carbonyl (C=O) groups excluding carboxylic acids is 1. The number of nitrogens with one attached hydrogen (secondary N) is 1. The fourth-order valence-corrected chi connectivity index (χ4v) is 2.39. The Morgan fingerprint density at radius 1 is 1.26 bits per heavy atom. The van der Waals surface area contributed by atoms with Crippen molar-refractivity contribution < 1.29 is 4.79 Å². The molecule has 1 aromatic carbocycles. The standard InChI is InChI=1S/C16H24N2O/c1-11(16(2,3)4)18(5)15(19)12-6-7-13-9-17-10-14(13)8-12/h6-8,11,17H,9-10H2,1-5H3. The molecule has 2 rings (SSSR count). The summed E-state index contributed by atoms with van der Waals surface area (Å²) >= 11 is 0. The number of benzene rings is 1. The summed E-state index contributed by atoms with van der Waals surface area (Å²) in [5.74, 6) is 0.108. The SMILES string of the molecule is CC(N(C)C(=O)c1ccc2c(c1)CNC2)C(C)(C)C. The molecule has 1 aliphatic heterocycles. The van der Waals surface area contributed by atoms with E-state index >= 15 is 0 Å². The van der Waals surface area contributed by atoms with Crippen LogP contribution in [0.4, 0.5) is 0 Å². The van der Waals surface area contributed by atoms with Crippen molar-refractivity contribution in [1.29, 1.82) is 0 Å². The second-order valence-corrected chi connectivity index (χ2v) is 6.55. The number of hydrogen-bond acceptors (Lipinski definition) is 2. The van der Waals surface area contributed by atoms with E-state index in [0.717, 1.165) is 18.7 Å². The first kappa shape index (κ1) is 14.1. The number of fused-ring (bicyclic) bond motifs is 1. The van der Waals surface area contributed by atoms with Gasteiger partial charge in [0.25, 0.3) is 5.91 Å². The number of rotatable bonds is 2. The van der Waals surface area contributed by atoms with Crippen LogP contribution in [0.25, 0.3) is 0 Å². The Morgan fingerprint density at radius 3 is 2.53 bits per heavy atom. The number of amides is 1. The van der Waals surface area contributed by atoms with Crippen LogP contribution in [0.1, 0.15) is 49.2 Å². The third kappa shape index (κ3) is 2.81. The third-order valence-corrected chi connectivity index (χ3v) is 4.24. The summed E-state index contributed by atoms with van der Waals surface area (Å²) < 4.78 is 0. The van der Waals surface area contributed by atoms with Gasteiger partial charge in [-0.05, 0) is 35.6 Å². The smallest absolute Gasteiger partial charge is 0.253 e. The lowest BCUT2D eigenvalue weighted by Crippen LogP contribution is -2.43. The lowest BCUT2D eigenvalue weighted by molar-refractivity contribution is 0.0629. The lowest BCUT2D eigenvalue weighted by atomic mass is 9.87. The summed E-state index contributed by atoms with van der Waals surface area (Å²) in [4.78, 5) is 14.4. The van der Waals surface area contributed by atoms with Gasteiger partial charge in [0.05, 0.1) is 0 Å². The number of nitrogens with zero attached hydrogens (tertiary/aromatic N) is 1. The van der Waals surface area contributed by atoms with Crippen molar-refractivity contribution in [3.05, 3.63) is 34.9 Å². The van der Waals surface area contributed by atoms with Gasteiger partial charge in [-0.25, -0.2) is 0 Å². The Morgan fingerprint density at radius 2 is 1.89 bits per heavy atom. The predicted octanol–water partition coefficient (Wildman–Crippen LogP) is 2.80. The Bertz CT molecular complexity index is 488. The first-order valence-corrected chi connectivity index (χ1v) is 6.90. The van der Waals surface area contributed by atoms with E-state index < -0.39 is 0 Å². The van der Waals surface area contributed by atoms with E-state index in [9.17, 15) is 4.79 Å². The van der Waals surface area contributed by atoms with Crippen LogP contribution in [-0.4, -0.2) is 23.9 Å². The molecule has 3 heteroatoms. The minimum absolute atomic E-state index is 0.0860. The molecule has 0 spiro atoms. The molecule has 0 radical (unpaired) electrons. The van der Waals surface area contributed by atoms with Crippen LogP contribution in [0.15, 0.2) is 18.2 Å². The fraction of sp³-hybridized carbons (Fsp3) is 0.562. The van der Waals surface area contributed by atoms with Gasteiger partial charge >= 0.3 is 0 Å². The van der Waals surface area contributed by atoms with Gasteiger partial charge in [0.2, 0.25) is 0 Å². The first-order valence-electron chi connectivity index (χ1n) is 6.90. The van der Waals surface area contributed by atoms with E-state index in [1.54, 1.807) is 0 Å². The molecule has 104 valence electrons. The second kappa shape index (κ2) is 4.97. The topological polar surface area (TPSA) is 32.3 Å². The minimum Gasteiger partial charge on any atom is -0.338 e. The third-order valence-electron chi connectivity index (χ3n) is 4.24. The molecule has 19 heavy (non-hydrogen) atoms. The maximum absolute atomic E-state index is 12.5. The normalized spacial score (nSPS) is 16.1. The van der Waals surface area contributed by atoms with Crippen molar-refractivity contribution in [1.82, 2.24) is 10.2 Å². The molecule has 0 aliphatic carbocycles. The summed E-state index contributed by atoms with van der Waals surface area (Å²) in [5.41, 5.74) is 3.44. The Balaban J connectivity index is 2.20. The van der Waals surface area contributed by atoms with Crippen LogP contribution in [0, 0.1) is 5.41 Å². The Labute approximate surface area is 116 Å². The zero-order valence-electron chi connectivity index (χ0n) is 12.6. The van der Waals surface area contributed by atoms with Gasteiger partial charge in [-0.2, -0.15) is 0 Å². The van der Waals surface area contributed by atoms with Crippen LogP contribution < -0.4 is 5.32 Å². The quantitative estimate of drug-likeness (QED) is 0.887. The first-order chi connectivity index (χ1) is 8.80. The molecular weight excluding hydrogens is 236 g/mol. The molecule has 0 saturated carbocycles. The lowest BCUT2D eigenvalue weighted by Gasteiger charge is -2.35. The van der Waals surface area contributed by atoms with Crippen LogP contribution in [0.2, 0.25) is 0 Å². The molecule has 1 N–H and O–H groups in total. The van der Waals surface area contributed by atoms with Crippen molar-refractivity contribution in [2.45, 2.75) is 46.8 Å². The van der Waals surface area contributed by atoms with Crippen LogP contribution in [-0.2, 0) is 13.1 Å². The molecule has 0 bridgehead atoms. The van der Waals surface area contributed by atoms with Crippen molar-refractivity contribution in [2.24, 2.45) is 5.41 Å². The molecule has 3 nitrogen and oxygen atoms in total. The highest BCUT2D eigenvalue weighted by Gasteiger charge is 2.28. The largest absolute Gasteiger partial charge is 0.338 e. The number of hydrogen-bond donors (Lipinski definition) is 1. The molecule has 1 heterocycles. The summed E-state index contributed by atoms with van der Waals surface area (Å²) in [6.45, 7) is 10.4. The Kier molecular flexibility index (Phi) is 3.68. The van der Waals surface area contributed by atoms with E-state index in [0.29, 0.717) is 0 Å². The average Bonchev–Trinajstić information content (AvgIpc) is 2.82. The number of carbonyl (C=O) groups is 1. The van der Waals surface area contributed by atoms with Crippen molar-refractivity contribution >= 4 is 5.91 Å². The van der Waals surface area contributed by atoms with E-state index in [1.165, 1.54) is 11.1 Å². The highest BCUT2D eigenvalue weighted by Crippen LogP contribution is 2.25. The summed E-state index contributed by atoms with van der Waals surface area (Å²) in [7, 11) is 1.89. The summed E-state index contributed by atoms with van der Waals surface area (Å²) in [5, 5.41) is 3.31. The van der Waals surface area contributed by atoms with Crippen LogP contribution >= 0.6 is 0 Å². The van der Waals surface area contributed by atoms with Gasteiger partial charge in [0, 0.05) is 31.7 Å². The maximum atomic E-state index is 12.5. The molecule has 1 unspecified atom stereocenters. The maximum Gasteiger partial charge on any atom is 0.253 e. The van der Waals surface area contributed by atoms with Crippen LogP contribution in [0.5, 0.6) is 0 Å². The van der Waals surface area contributed by atoms with E-state index in [2.05, 4.69) is 39.1 Å². The van der Waals surface area contributed by atoms with Gasteiger partial charge < -0.3 is 10.2 Å². The zero-order chi connectivity index (χ0) is 14.2. The molecule has 0 saturated heterocycles. The van der Waals surface area contributed by atoms with Crippen molar-refractivity contribution in [3.63, 3.8) is 0 Å². The fourth-order valence-electron chi connectivity index (χ4n) is 2.39. The van der Waals surface area contributed by atoms with Gasteiger partial charge in [0.15, 0.2) is 0 Å². The second-order valence-electron chi connectivity index (χ2n) is 6.55. The monoisotopic (exact) mass is 260 g/mol. The van der Waals surface area contributed by atoms with Gasteiger partial charge in [-0.1, -0.05) is 26.8 Å². The summed E-state index contributed by atoms with van der Waals surface area (Å²) in [6.07, 6.45) is 0. The van der Waals surface area contributed by atoms with Crippen LogP contribution in [0.3, 0.4) is 0 Å². The molecule has 1 amide bonds. The Hall–Kier alpha value is -1.35. The average molecular weight is 260 g/mol. The zero-order valence-corrected chi connectivity index (χ0v) is 12.6. The molecule has 1 atom stereocenters. The van der Waals surface area contributed by atoms with Gasteiger partial charge in [-0.3, -0.25) is 4.79 Å². The van der Waals surface area contributed by atoms with Gasteiger partial charge in [-0.15, -0.1) is 0 Å². The predicted molar refractivity (Wildman–Crippen MR) is 78.0 cm³/mol. The van der Waals surface area contributed by atoms with Crippen molar-refractivity contribution in [3.8, 4) is 0 Å². The summed E-state index contributed by atoms with van der Waals surface area (Å²) in [6, 6.07) is 6.24.